The quantitative estimate of drug-likeness (QED) is 0.709. The van der Waals surface area contributed by atoms with E-state index in [1.807, 2.05) is 0 Å². The van der Waals surface area contributed by atoms with Gasteiger partial charge in [0.15, 0.2) is 0 Å². The highest BCUT2D eigenvalue weighted by atomic mass is 16.5. The van der Waals surface area contributed by atoms with Crippen LogP contribution in [-0.2, 0) is 14.3 Å². The van der Waals surface area contributed by atoms with Crippen LogP contribution < -0.4 is 0 Å². The molecule has 0 radical (unpaired) electrons. The van der Waals surface area contributed by atoms with Gasteiger partial charge in [-0.15, -0.1) is 0 Å². The highest BCUT2D eigenvalue weighted by Gasteiger charge is 2.40. The number of carbonyl (C=O) groups excluding carboxylic acids is 1. The van der Waals surface area contributed by atoms with Gasteiger partial charge in [-0.2, -0.15) is 0 Å². The van der Waals surface area contributed by atoms with Crippen LogP contribution >= 0.6 is 0 Å². The summed E-state index contributed by atoms with van der Waals surface area (Å²) in [6.45, 7) is 8.55. The molecule has 1 aliphatic carbocycles. The predicted molar refractivity (Wildman–Crippen MR) is 65.6 cm³/mol. The lowest BCUT2D eigenvalue weighted by Crippen LogP contribution is -2.46. The van der Waals surface area contributed by atoms with Crippen molar-refractivity contribution in [3.8, 4) is 0 Å². The average molecular weight is 240 g/mol. The molecule has 3 atom stereocenters. The fourth-order valence-electron chi connectivity index (χ4n) is 3.00. The first-order valence-corrected chi connectivity index (χ1v) is 6.81. The Hall–Kier alpha value is -0.570. The van der Waals surface area contributed by atoms with Crippen molar-refractivity contribution in [2.24, 2.45) is 23.2 Å². The molecule has 0 aromatic heterocycles. The molecule has 0 bridgehead atoms. The highest BCUT2D eigenvalue weighted by molar-refractivity contribution is 5.73. The number of esters is 1. The third kappa shape index (κ3) is 2.65. The Morgan fingerprint density at radius 3 is 2.47 bits per heavy atom. The Balaban J connectivity index is 1.81. The van der Waals surface area contributed by atoms with Gasteiger partial charge in [0.2, 0.25) is 0 Å². The van der Waals surface area contributed by atoms with E-state index >= 15 is 0 Å². The first kappa shape index (κ1) is 12.9. The van der Waals surface area contributed by atoms with Gasteiger partial charge in [-0.1, -0.05) is 20.8 Å². The van der Waals surface area contributed by atoms with Crippen LogP contribution in [0.2, 0.25) is 0 Å². The Bertz CT molecular complexity index is 278. The molecule has 2 aliphatic rings. The zero-order chi connectivity index (χ0) is 12.5. The van der Waals surface area contributed by atoms with E-state index in [0.717, 1.165) is 32.5 Å². The number of ether oxygens (including phenoxy) is 2. The lowest BCUT2D eigenvalue weighted by atomic mass is 9.84. The smallest absolute Gasteiger partial charge is 0.309 e. The molecule has 2 fully saturated rings. The summed E-state index contributed by atoms with van der Waals surface area (Å²) < 4.78 is 10.8. The molecule has 1 saturated heterocycles. The third-order valence-electron chi connectivity index (χ3n) is 4.51. The molecule has 3 nitrogen and oxygen atoms in total. The maximum atomic E-state index is 12.0. The van der Waals surface area contributed by atoms with E-state index in [4.69, 9.17) is 9.47 Å². The van der Waals surface area contributed by atoms with E-state index in [2.05, 4.69) is 20.8 Å². The van der Waals surface area contributed by atoms with E-state index in [1.54, 1.807) is 0 Å². The van der Waals surface area contributed by atoms with Crippen LogP contribution in [0.3, 0.4) is 0 Å². The maximum Gasteiger partial charge on any atom is 0.309 e. The molecule has 0 aromatic rings. The molecular weight excluding hydrogens is 216 g/mol. The molecular formula is C14H24O3. The van der Waals surface area contributed by atoms with Crippen LogP contribution in [0.25, 0.3) is 0 Å². The third-order valence-corrected chi connectivity index (χ3v) is 4.51. The highest BCUT2D eigenvalue weighted by Crippen LogP contribution is 2.37. The van der Waals surface area contributed by atoms with Gasteiger partial charge in [0.1, 0.15) is 6.61 Å². The Morgan fingerprint density at radius 1 is 1.35 bits per heavy atom. The second kappa shape index (κ2) is 4.97. The predicted octanol–water partition coefficient (Wildman–Crippen LogP) is 2.64. The van der Waals surface area contributed by atoms with E-state index in [0.29, 0.717) is 18.4 Å². The van der Waals surface area contributed by atoms with Crippen LogP contribution in [0.15, 0.2) is 0 Å². The van der Waals surface area contributed by atoms with Gasteiger partial charge in [-0.3, -0.25) is 4.79 Å². The summed E-state index contributed by atoms with van der Waals surface area (Å²) >= 11 is 0. The largest absolute Gasteiger partial charge is 0.465 e. The molecule has 0 spiro atoms. The summed E-state index contributed by atoms with van der Waals surface area (Å²) in [4.78, 5) is 12.0. The summed E-state index contributed by atoms with van der Waals surface area (Å²) in [6.07, 6.45) is 3.17. The number of hydrogen-bond donors (Lipinski definition) is 0. The van der Waals surface area contributed by atoms with Gasteiger partial charge < -0.3 is 9.47 Å². The van der Waals surface area contributed by atoms with Crippen molar-refractivity contribution in [3.63, 3.8) is 0 Å². The van der Waals surface area contributed by atoms with Crippen molar-refractivity contribution in [2.75, 3.05) is 19.8 Å². The zero-order valence-electron chi connectivity index (χ0n) is 11.2. The number of rotatable bonds is 4. The van der Waals surface area contributed by atoms with Crippen molar-refractivity contribution in [3.05, 3.63) is 0 Å². The van der Waals surface area contributed by atoms with Crippen molar-refractivity contribution >= 4 is 5.97 Å². The molecule has 3 unspecified atom stereocenters. The van der Waals surface area contributed by atoms with Gasteiger partial charge in [-0.25, -0.2) is 0 Å². The van der Waals surface area contributed by atoms with Crippen molar-refractivity contribution in [1.29, 1.82) is 0 Å². The molecule has 3 heteroatoms. The average Bonchev–Trinajstić information content (AvgIpc) is 2.57. The molecule has 1 saturated carbocycles. The van der Waals surface area contributed by atoms with Crippen LogP contribution in [-0.4, -0.2) is 25.8 Å². The van der Waals surface area contributed by atoms with Gasteiger partial charge >= 0.3 is 5.97 Å². The zero-order valence-corrected chi connectivity index (χ0v) is 11.2. The van der Waals surface area contributed by atoms with E-state index in [1.165, 1.54) is 0 Å². The Kier molecular flexibility index (Phi) is 3.76. The van der Waals surface area contributed by atoms with Crippen LogP contribution in [0.5, 0.6) is 0 Å². The normalized spacial score (nSPS) is 35.4. The molecule has 98 valence electrons. The molecule has 0 aromatic carbocycles. The minimum absolute atomic E-state index is 0.0153. The fourth-order valence-corrected chi connectivity index (χ4v) is 3.00. The van der Waals surface area contributed by atoms with Gasteiger partial charge in [0.05, 0.1) is 24.5 Å². The molecule has 0 amide bonds. The minimum atomic E-state index is 0.0153. The maximum absolute atomic E-state index is 12.0. The minimum Gasteiger partial charge on any atom is -0.465 e. The Morgan fingerprint density at radius 2 is 2.06 bits per heavy atom. The SMILES string of the molecule is CCC1(COC(=O)C2CC(C)CC2C)COC1. The van der Waals surface area contributed by atoms with Gasteiger partial charge in [0, 0.05) is 0 Å². The molecule has 1 aliphatic heterocycles. The van der Waals surface area contributed by atoms with Crippen molar-refractivity contribution < 1.29 is 14.3 Å². The topological polar surface area (TPSA) is 35.5 Å². The van der Waals surface area contributed by atoms with Crippen LogP contribution in [0.1, 0.15) is 40.0 Å². The van der Waals surface area contributed by atoms with Gasteiger partial charge in [-0.05, 0) is 31.1 Å². The van der Waals surface area contributed by atoms with Crippen molar-refractivity contribution in [2.45, 2.75) is 40.0 Å². The van der Waals surface area contributed by atoms with Crippen LogP contribution in [0, 0.1) is 23.2 Å². The van der Waals surface area contributed by atoms with Crippen LogP contribution in [0.4, 0.5) is 0 Å². The van der Waals surface area contributed by atoms with E-state index < -0.39 is 0 Å². The first-order chi connectivity index (χ1) is 8.06. The summed E-state index contributed by atoms with van der Waals surface area (Å²) in [5.74, 6) is 1.28. The second-order valence-electron chi connectivity index (χ2n) is 6.11. The fraction of sp³-hybridized carbons (Fsp3) is 0.929. The van der Waals surface area contributed by atoms with Gasteiger partial charge in [0.25, 0.3) is 0 Å². The van der Waals surface area contributed by atoms with E-state index in [-0.39, 0.29) is 17.3 Å². The standard InChI is InChI=1S/C14H24O3/c1-4-14(7-16-8-14)9-17-13(15)12-6-10(2)5-11(12)3/h10-12H,4-9H2,1-3H3. The summed E-state index contributed by atoms with van der Waals surface area (Å²) in [6, 6.07) is 0. The second-order valence-corrected chi connectivity index (χ2v) is 6.11. The number of carbonyl (C=O) groups is 1. The van der Waals surface area contributed by atoms with E-state index in [9.17, 15) is 4.79 Å². The lowest BCUT2D eigenvalue weighted by molar-refractivity contribution is -0.174. The first-order valence-electron chi connectivity index (χ1n) is 6.81. The lowest BCUT2D eigenvalue weighted by Gasteiger charge is -2.40. The molecule has 1 heterocycles. The molecule has 2 rings (SSSR count). The summed E-state index contributed by atoms with van der Waals surface area (Å²) in [5, 5.41) is 0. The van der Waals surface area contributed by atoms with Crippen molar-refractivity contribution in [1.82, 2.24) is 0 Å². The monoisotopic (exact) mass is 240 g/mol. The summed E-state index contributed by atoms with van der Waals surface area (Å²) in [5.41, 5.74) is 0.114. The molecule has 0 N–H and O–H groups in total. The Labute approximate surface area is 104 Å². The number of hydrogen-bond acceptors (Lipinski definition) is 3. The molecule has 17 heavy (non-hydrogen) atoms. The summed E-state index contributed by atoms with van der Waals surface area (Å²) in [7, 11) is 0.